The Labute approximate surface area is 217 Å². The van der Waals surface area contributed by atoms with E-state index in [0.29, 0.717) is 12.0 Å². The molecule has 2 bridgehead atoms. The lowest BCUT2D eigenvalue weighted by molar-refractivity contribution is 0.00916. The number of carbonyl (C=O) groups excluding carboxylic acids is 1. The number of fused-ring (bicyclic) bond motifs is 3. The Morgan fingerprint density at radius 3 is 2.24 bits per heavy atom. The fourth-order valence-corrected chi connectivity index (χ4v) is 5.18. The Balaban J connectivity index is 0.00000306. The highest BCUT2D eigenvalue weighted by atomic mass is 127. The molecule has 190 valence electrons. The van der Waals surface area contributed by atoms with Gasteiger partial charge in [-0.25, -0.2) is 4.79 Å². The number of halogens is 1. The van der Waals surface area contributed by atoms with E-state index < -0.39 is 5.60 Å². The number of hydrogen-bond acceptors (Lipinski definition) is 5. The molecule has 4 aliphatic heterocycles. The average Bonchev–Trinajstić information content (AvgIpc) is 3.59. The lowest BCUT2D eigenvalue weighted by Gasteiger charge is -2.47. The third-order valence-corrected chi connectivity index (χ3v) is 7.16. The number of carbonyl (C=O) groups is 1. The van der Waals surface area contributed by atoms with Crippen LogP contribution in [0.1, 0.15) is 53.4 Å². The predicted octanol–water partition coefficient (Wildman–Crippen LogP) is 2.68. The number of piperidine rings is 1. The molecule has 8 nitrogen and oxygen atoms in total. The van der Waals surface area contributed by atoms with E-state index in [1.165, 1.54) is 39.0 Å². The van der Waals surface area contributed by atoms with Crippen LogP contribution < -0.4 is 5.32 Å². The van der Waals surface area contributed by atoms with Gasteiger partial charge in [-0.05, 0) is 59.3 Å². The van der Waals surface area contributed by atoms with Crippen molar-refractivity contribution in [2.75, 3.05) is 65.4 Å². The maximum absolute atomic E-state index is 12.9. The third kappa shape index (κ3) is 7.59. The summed E-state index contributed by atoms with van der Waals surface area (Å²) < 4.78 is 5.75. The van der Waals surface area contributed by atoms with Crippen LogP contribution in [0, 0.1) is 5.92 Å². The van der Waals surface area contributed by atoms with Crippen LogP contribution in [0.3, 0.4) is 0 Å². The van der Waals surface area contributed by atoms with Crippen molar-refractivity contribution in [1.82, 2.24) is 24.9 Å². The van der Waals surface area contributed by atoms with Gasteiger partial charge in [-0.2, -0.15) is 0 Å². The molecule has 1 N–H and O–H groups in total. The standard InChI is InChI=1S/C24H44N6O2.HI/c1-5-25-22(26-16-21-18-27-12-14-28(21)15-13-27)29-10-8-20(9-11-29)30(17-19-6-7-19)23(31)32-24(2,3)4;/h19-21H,5-18H2,1-4H3,(H,25,26);1H. The molecule has 5 aliphatic rings. The summed E-state index contributed by atoms with van der Waals surface area (Å²) >= 11 is 0. The molecule has 1 aliphatic carbocycles. The van der Waals surface area contributed by atoms with Crippen LogP contribution in [0.15, 0.2) is 4.99 Å². The first-order valence-electron chi connectivity index (χ1n) is 12.8. The molecule has 0 aromatic carbocycles. The van der Waals surface area contributed by atoms with E-state index >= 15 is 0 Å². The number of likely N-dealkylation sites (tertiary alicyclic amines) is 1. The molecule has 1 unspecified atom stereocenters. The Bertz CT molecular complexity index is 664. The van der Waals surface area contributed by atoms with Crippen molar-refractivity contribution in [2.24, 2.45) is 10.9 Å². The smallest absolute Gasteiger partial charge is 0.410 e. The second-order valence-electron chi connectivity index (χ2n) is 11.0. The van der Waals surface area contributed by atoms with Crippen LogP contribution >= 0.6 is 24.0 Å². The van der Waals surface area contributed by atoms with Gasteiger partial charge < -0.3 is 19.9 Å². The van der Waals surface area contributed by atoms with Gasteiger partial charge in [0, 0.05) is 71.0 Å². The summed E-state index contributed by atoms with van der Waals surface area (Å²) in [5, 5.41) is 3.51. The highest BCUT2D eigenvalue weighted by molar-refractivity contribution is 14.0. The highest BCUT2D eigenvalue weighted by Gasteiger charge is 2.36. The van der Waals surface area contributed by atoms with Gasteiger partial charge >= 0.3 is 6.09 Å². The zero-order valence-corrected chi connectivity index (χ0v) is 23.4. The Morgan fingerprint density at radius 2 is 1.73 bits per heavy atom. The molecule has 1 saturated carbocycles. The summed E-state index contributed by atoms with van der Waals surface area (Å²) in [5.74, 6) is 1.70. The molecule has 1 amide bonds. The second-order valence-corrected chi connectivity index (χ2v) is 11.0. The summed E-state index contributed by atoms with van der Waals surface area (Å²) in [4.78, 5) is 27.6. The minimum absolute atomic E-state index is 0. The Hall–Kier alpha value is -0.810. The van der Waals surface area contributed by atoms with Crippen LogP contribution in [-0.2, 0) is 4.74 Å². The minimum atomic E-state index is -0.449. The monoisotopic (exact) mass is 576 g/mol. The summed E-state index contributed by atoms with van der Waals surface area (Å²) in [7, 11) is 0. The first-order valence-corrected chi connectivity index (χ1v) is 12.8. The van der Waals surface area contributed by atoms with Crippen LogP contribution in [0.25, 0.3) is 0 Å². The SMILES string of the molecule is CCNC(=NCC1CN2CCN1CC2)N1CCC(N(CC2CC2)C(=O)OC(C)(C)C)CC1.I. The molecule has 33 heavy (non-hydrogen) atoms. The second kappa shape index (κ2) is 11.7. The largest absolute Gasteiger partial charge is 0.444 e. The van der Waals surface area contributed by atoms with E-state index in [-0.39, 0.29) is 36.1 Å². The molecule has 0 radical (unpaired) electrons. The van der Waals surface area contributed by atoms with Crippen molar-refractivity contribution in [3.05, 3.63) is 0 Å². The molecule has 5 fully saturated rings. The fraction of sp³-hybridized carbons (Fsp3) is 0.917. The molecular weight excluding hydrogens is 531 g/mol. The molecule has 1 atom stereocenters. The van der Waals surface area contributed by atoms with E-state index in [2.05, 4.69) is 26.9 Å². The molecular formula is C24H45IN6O2. The lowest BCUT2D eigenvalue weighted by atomic mass is 10.0. The number of piperazine rings is 3. The van der Waals surface area contributed by atoms with Crippen LogP contribution in [0.2, 0.25) is 0 Å². The van der Waals surface area contributed by atoms with Gasteiger partial charge in [-0.3, -0.25) is 14.8 Å². The number of hydrogen-bond donors (Lipinski definition) is 1. The average molecular weight is 577 g/mol. The summed E-state index contributed by atoms with van der Waals surface area (Å²) in [6.45, 7) is 18.4. The Morgan fingerprint density at radius 1 is 1.06 bits per heavy atom. The number of aliphatic imine (C=N–C) groups is 1. The van der Waals surface area contributed by atoms with Crippen LogP contribution in [0.5, 0.6) is 0 Å². The topological polar surface area (TPSA) is 63.7 Å². The molecule has 4 heterocycles. The lowest BCUT2D eigenvalue weighted by Crippen LogP contribution is -2.62. The van der Waals surface area contributed by atoms with Crippen molar-refractivity contribution in [1.29, 1.82) is 0 Å². The summed E-state index contributed by atoms with van der Waals surface area (Å²) in [6, 6.07) is 0.808. The van der Waals surface area contributed by atoms with Gasteiger partial charge in [0.1, 0.15) is 5.60 Å². The van der Waals surface area contributed by atoms with Gasteiger partial charge in [0.15, 0.2) is 5.96 Å². The zero-order valence-electron chi connectivity index (χ0n) is 21.1. The number of rotatable bonds is 6. The molecule has 0 aromatic heterocycles. The molecule has 5 rings (SSSR count). The normalized spacial score (nSPS) is 28.3. The molecule has 4 saturated heterocycles. The fourth-order valence-electron chi connectivity index (χ4n) is 5.18. The van der Waals surface area contributed by atoms with Gasteiger partial charge in [0.05, 0.1) is 6.54 Å². The van der Waals surface area contributed by atoms with E-state index in [1.54, 1.807) is 0 Å². The van der Waals surface area contributed by atoms with Crippen LogP contribution in [-0.4, -0.2) is 115 Å². The van der Waals surface area contributed by atoms with Crippen molar-refractivity contribution in [3.8, 4) is 0 Å². The van der Waals surface area contributed by atoms with E-state index in [0.717, 1.165) is 58.1 Å². The number of ether oxygens (including phenoxy) is 1. The number of guanidine groups is 1. The third-order valence-electron chi connectivity index (χ3n) is 7.16. The molecule has 9 heteroatoms. The zero-order chi connectivity index (χ0) is 22.7. The molecule has 0 aromatic rings. The van der Waals surface area contributed by atoms with Gasteiger partial charge in [-0.1, -0.05) is 0 Å². The van der Waals surface area contributed by atoms with E-state index in [1.807, 2.05) is 25.7 Å². The van der Waals surface area contributed by atoms with Gasteiger partial charge in [0.25, 0.3) is 0 Å². The van der Waals surface area contributed by atoms with Crippen molar-refractivity contribution < 1.29 is 9.53 Å². The first-order chi connectivity index (χ1) is 15.3. The van der Waals surface area contributed by atoms with Crippen molar-refractivity contribution in [3.63, 3.8) is 0 Å². The van der Waals surface area contributed by atoms with Gasteiger partial charge in [-0.15, -0.1) is 24.0 Å². The number of amides is 1. The summed E-state index contributed by atoms with van der Waals surface area (Å²) in [6.07, 6.45) is 4.29. The van der Waals surface area contributed by atoms with E-state index in [9.17, 15) is 4.79 Å². The predicted molar refractivity (Wildman–Crippen MR) is 143 cm³/mol. The quantitative estimate of drug-likeness (QED) is 0.298. The Kier molecular flexibility index (Phi) is 9.54. The number of nitrogens with one attached hydrogen (secondary N) is 1. The molecule has 0 spiro atoms. The first kappa shape index (κ1) is 26.8. The summed E-state index contributed by atoms with van der Waals surface area (Å²) in [5.41, 5.74) is -0.449. The minimum Gasteiger partial charge on any atom is -0.444 e. The van der Waals surface area contributed by atoms with Crippen LogP contribution in [0.4, 0.5) is 4.79 Å². The van der Waals surface area contributed by atoms with Crippen molar-refractivity contribution >= 4 is 36.0 Å². The maximum Gasteiger partial charge on any atom is 0.410 e. The van der Waals surface area contributed by atoms with E-state index in [4.69, 9.17) is 9.73 Å². The highest BCUT2D eigenvalue weighted by Crippen LogP contribution is 2.32. The number of nitrogens with zero attached hydrogens (tertiary/aromatic N) is 5. The van der Waals surface area contributed by atoms with Gasteiger partial charge in [0.2, 0.25) is 0 Å². The maximum atomic E-state index is 12.9. The van der Waals surface area contributed by atoms with Crippen molar-refractivity contribution in [2.45, 2.75) is 71.1 Å².